The Morgan fingerprint density at radius 3 is 2.38 bits per heavy atom. The third-order valence-corrected chi connectivity index (χ3v) is 4.36. The molecular formula is C13H16BrNO. The van der Waals surface area contributed by atoms with Gasteiger partial charge < -0.3 is 4.90 Å². The van der Waals surface area contributed by atoms with Crippen molar-refractivity contribution in [2.75, 3.05) is 11.9 Å². The number of hydrogen-bond acceptors (Lipinski definition) is 1. The summed E-state index contributed by atoms with van der Waals surface area (Å²) < 4.78 is -0.322. The van der Waals surface area contributed by atoms with Gasteiger partial charge in [-0.3, -0.25) is 4.79 Å². The Morgan fingerprint density at radius 1 is 1.25 bits per heavy atom. The van der Waals surface area contributed by atoms with E-state index in [0.29, 0.717) is 0 Å². The minimum atomic E-state index is -0.322. The van der Waals surface area contributed by atoms with Crippen LogP contribution in [0.25, 0.3) is 0 Å². The highest BCUT2D eigenvalue weighted by Gasteiger charge is 2.40. The molecule has 1 aliphatic rings. The van der Waals surface area contributed by atoms with Crippen LogP contribution in [0.5, 0.6) is 0 Å². The first-order valence-corrected chi connectivity index (χ1v) is 6.45. The van der Waals surface area contributed by atoms with Crippen LogP contribution in [0, 0.1) is 0 Å². The summed E-state index contributed by atoms with van der Waals surface area (Å²) in [4.78, 5) is 14.1. The Kier molecular flexibility index (Phi) is 3.33. The first-order chi connectivity index (χ1) is 7.63. The summed E-state index contributed by atoms with van der Waals surface area (Å²) in [7, 11) is 1.85. The van der Waals surface area contributed by atoms with Crippen molar-refractivity contribution in [2.45, 2.75) is 30.0 Å². The second-order valence-corrected chi connectivity index (χ2v) is 5.89. The van der Waals surface area contributed by atoms with Gasteiger partial charge in [0.25, 0.3) is 0 Å². The molecule has 0 heterocycles. The van der Waals surface area contributed by atoms with E-state index in [0.717, 1.165) is 31.4 Å². The van der Waals surface area contributed by atoms with Crippen LogP contribution >= 0.6 is 15.9 Å². The van der Waals surface area contributed by atoms with E-state index in [4.69, 9.17) is 0 Å². The first kappa shape index (κ1) is 11.6. The number of benzene rings is 1. The quantitative estimate of drug-likeness (QED) is 0.762. The molecule has 0 aromatic heterocycles. The zero-order valence-electron chi connectivity index (χ0n) is 9.45. The largest absolute Gasteiger partial charge is 0.314 e. The number of carbonyl (C=O) groups excluding carboxylic acids is 1. The van der Waals surface area contributed by atoms with Gasteiger partial charge in [-0.2, -0.15) is 0 Å². The van der Waals surface area contributed by atoms with Crippen molar-refractivity contribution in [3.05, 3.63) is 30.3 Å². The van der Waals surface area contributed by atoms with Crippen LogP contribution in [0.3, 0.4) is 0 Å². The minimum Gasteiger partial charge on any atom is -0.314 e. The van der Waals surface area contributed by atoms with E-state index in [1.165, 1.54) is 0 Å². The normalized spacial score (nSPS) is 18.4. The predicted molar refractivity (Wildman–Crippen MR) is 70.0 cm³/mol. The third kappa shape index (κ3) is 2.14. The van der Waals surface area contributed by atoms with Gasteiger partial charge in [0.2, 0.25) is 5.91 Å². The first-order valence-electron chi connectivity index (χ1n) is 5.66. The molecule has 0 aliphatic heterocycles. The summed E-state index contributed by atoms with van der Waals surface area (Å²) in [5.41, 5.74) is 0.957. The van der Waals surface area contributed by atoms with Crippen LogP contribution in [0.2, 0.25) is 0 Å². The maximum atomic E-state index is 12.3. The van der Waals surface area contributed by atoms with Gasteiger partial charge in [-0.1, -0.05) is 47.0 Å². The van der Waals surface area contributed by atoms with E-state index < -0.39 is 0 Å². The highest BCUT2D eigenvalue weighted by molar-refractivity contribution is 9.10. The van der Waals surface area contributed by atoms with Crippen LogP contribution < -0.4 is 4.90 Å². The minimum absolute atomic E-state index is 0.177. The molecule has 0 N–H and O–H groups in total. The number of para-hydroxylation sites is 1. The Bertz CT molecular complexity index is 371. The molecule has 0 radical (unpaired) electrons. The zero-order valence-corrected chi connectivity index (χ0v) is 11.0. The van der Waals surface area contributed by atoms with Gasteiger partial charge in [-0.25, -0.2) is 0 Å². The van der Waals surface area contributed by atoms with Gasteiger partial charge in [0.1, 0.15) is 4.32 Å². The molecule has 2 nitrogen and oxygen atoms in total. The number of alkyl halides is 1. The molecule has 0 atom stereocenters. The fraction of sp³-hybridized carbons (Fsp3) is 0.462. The molecule has 0 unspecified atom stereocenters. The molecule has 0 saturated heterocycles. The summed E-state index contributed by atoms with van der Waals surface area (Å²) in [5.74, 6) is 0.177. The van der Waals surface area contributed by atoms with Crippen LogP contribution in [0.4, 0.5) is 5.69 Å². The molecule has 1 amide bonds. The maximum Gasteiger partial charge on any atom is 0.243 e. The van der Waals surface area contributed by atoms with Crippen LogP contribution in [-0.4, -0.2) is 17.3 Å². The van der Waals surface area contributed by atoms with Gasteiger partial charge in [0.05, 0.1) is 0 Å². The number of halogens is 1. The highest BCUT2D eigenvalue weighted by atomic mass is 79.9. The lowest BCUT2D eigenvalue weighted by Gasteiger charge is -2.27. The standard InChI is InChI=1S/C13H16BrNO/c1-15(11-7-3-2-4-8-11)12(16)13(14)9-5-6-10-13/h2-4,7-8H,5-6,9-10H2,1H3. The average molecular weight is 282 g/mol. The van der Waals surface area contributed by atoms with Crippen molar-refractivity contribution < 1.29 is 4.79 Å². The number of hydrogen-bond donors (Lipinski definition) is 0. The molecule has 1 aliphatic carbocycles. The van der Waals surface area contributed by atoms with E-state index in [2.05, 4.69) is 15.9 Å². The fourth-order valence-electron chi connectivity index (χ4n) is 2.22. The predicted octanol–water partition coefficient (Wildman–Crippen LogP) is 3.36. The summed E-state index contributed by atoms with van der Waals surface area (Å²) >= 11 is 3.62. The number of amides is 1. The average Bonchev–Trinajstić information content (AvgIpc) is 2.77. The summed E-state index contributed by atoms with van der Waals surface area (Å²) in [6, 6.07) is 9.79. The summed E-state index contributed by atoms with van der Waals surface area (Å²) in [6.45, 7) is 0. The van der Waals surface area contributed by atoms with E-state index in [1.54, 1.807) is 4.90 Å². The van der Waals surface area contributed by atoms with Crippen molar-refractivity contribution in [2.24, 2.45) is 0 Å². The monoisotopic (exact) mass is 281 g/mol. The van der Waals surface area contributed by atoms with Gasteiger partial charge in [-0.15, -0.1) is 0 Å². The molecule has 0 bridgehead atoms. The number of rotatable bonds is 2. The number of nitrogens with zero attached hydrogens (tertiary/aromatic N) is 1. The third-order valence-electron chi connectivity index (χ3n) is 3.23. The Labute approximate surface area is 105 Å². The molecule has 1 fully saturated rings. The lowest BCUT2D eigenvalue weighted by molar-refractivity contribution is -0.120. The molecule has 0 spiro atoms. The second-order valence-electron chi connectivity index (χ2n) is 4.37. The molecule has 16 heavy (non-hydrogen) atoms. The molecule has 1 saturated carbocycles. The van der Waals surface area contributed by atoms with Gasteiger partial charge in [0, 0.05) is 12.7 Å². The molecule has 86 valence electrons. The van der Waals surface area contributed by atoms with E-state index in [9.17, 15) is 4.79 Å². The highest BCUT2D eigenvalue weighted by Crippen LogP contribution is 2.39. The van der Waals surface area contributed by atoms with Crippen LogP contribution in [0.1, 0.15) is 25.7 Å². The van der Waals surface area contributed by atoms with Crippen molar-refractivity contribution in [1.82, 2.24) is 0 Å². The van der Waals surface area contributed by atoms with Crippen molar-refractivity contribution in [3.8, 4) is 0 Å². The second kappa shape index (κ2) is 4.58. The van der Waals surface area contributed by atoms with Crippen LogP contribution in [-0.2, 0) is 4.79 Å². The van der Waals surface area contributed by atoms with E-state index in [-0.39, 0.29) is 10.2 Å². The Balaban J connectivity index is 2.16. The fourth-order valence-corrected chi connectivity index (χ4v) is 3.05. The van der Waals surface area contributed by atoms with Crippen molar-refractivity contribution in [3.63, 3.8) is 0 Å². The maximum absolute atomic E-state index is 12.3. The zero-order chi connectivity index (χ0) is 11.6. The Hall–Kier alpha value is -0.830. The van der Waals surface area contributed by atoms with Gasteiger partial charge in [0.15, 0.2) is 0 Å². The molecule has 2 rings (SSSR count). The molecular weight excluding hydrogens is 266 g/mol. The Morgan fingerprint density at radius 2 is 1.81 bits per heavy atom. The smallest absolute Gasteiger partial charge is 0.243 e. The van der Waals surface area contributed by atoms with Crippen molar-refractivity contribution >= 4 is 27.5 Å². The lowest BCUT2D eigenvalue weighted by Crippen LogP contribution is -2.41. The van der Waals surface area contributed by atoms with Crippen LogP contribution in [0.15, 0.2) is 30.3 Å². The number of anilines is 1. The number of carbonyl (C=O) groups is 1. The van der Waals surface area contributed by atoms with Crippen molar-refractivity contribution in [1.29, 1.82) is 0 Å². The van der Waals surface area contributed by atoms with E-state index in [1.807, 2.05) is 37.4 Å². The SMILES string of the molecule is CN(C(=O)C1(Br)CCCC1)c1ccccc1. The van der Waals surface area contributed by atoms with E-state index >= 15 is 0 Å². The molecule has 1 aromatic rings. The topological polar surface area (TPSA) is 20.3 Å². The summed E-state index contributed by atoms with van der Waals surface area (Å²) in [6.07, 6.45) is 4.17. The van der Waals surface area contributed by atoms with Gasteiger partial charge in [-0.05, 0) is 25.0 Å². The van der Waals surface area contributed by atoms with Gasteiger partial charge >= 0.3 is 0 Å². The molecule has 1 aromatic carbocycles. The lowest BCUT2D eigenvalue weighted by atomic mass is 10.1. The summed E-state index contributed by atoms with van der Waals surface area (Å²) in [5, 5.41) is 0. The molecule has 3 heteroatoms.